The average molecular weight is 315 g/mol. The number of benzene rings is 1. The van der Waals surface area contributed by atoms with Gasteiger partial charge in [0, 0.05) is 16.5 Å². The Bertz CT molecular complexity index is 408. The van der Waals surface area contributed by atoms with E-state index in [2.05, 4.69) is 45.0 Å². The highest BCUT2D eigenvalue weighted by Crippen LogP contribution is 2.49. The smallest absolute Gasteiger partial charge is 0.0406 e. The molecule has 0 amide bonds. The molecule has 0 spiro atoms. The van der Waals surface area contributed by atoms with Crippen LogP contribution in [0.1, 0.15) is 45.1 Å². The third-order valence-corrected chi connectivity index (χ3v) is 4.87. The summed E-state index contributed by atoms with van der Waals surface area (Å²) in [6.45, 7) is 4.65. The molecule has 1 aromatic carbocycles. The van der Waals surface area contributed by atoms with Crippen LogP contribution in [0.25, 0.3) is 0 Å². The number of likely N-dealkylation sites (N-methyl/N-ethyl adjacent to an activating group) is 1. The number of rotatable bonds is 5. The highest BCUT2D eigenvalue weighted by Gasteiger charge is 2.46. The Balaban J connectivity index is 0.00000200. The molecule has 114 valence electrons. The lowest BCUT2D eigenvalue weighted by atomic mass is 9.58. The van der Waals surface area contributed by atoms with Crippen molar-refractivity contribution in [2.45, 2.75) is 51.0 Å². The number of hydrogen-bond acceptors (Lipinski definition) is 1. The molecule has 0 aromatic heterocycles. The van der Waals surface area contributed by atoms with Gasteiger partial charge in [0.1, 0.15) is 0 Å². The van der Waals surface area contributed by atoms with Crippen molar-refractivity contribution in [1.82, 2.24) is 4.90 Å². The van der Waals surface area contributed by atoms with Gasteiger partial charge in [-0.3, -0.25) is 0 Å². The predicted octanol–water partition coefficient (Wildman–Crippen LogP) is 1.74. The Morgan fingerprint density at radius 3 is 2.05 bits per heavy atom. The summed E-state index contributed by atoms with van der Waals surface area (Å²) < 4.78 is 0. The average Bonchev–Trinajstić information content (AvgIpc) is 2.28. The van der Waals surface area contributed by atoms with Gasteiger partial charge in [-0.2, -0.15) is 0 Å². The molecular formula is C17H26Cl2N-. The molecule has 1 unspecified atom stereocenters. The zero-order chi connectivity index (χ0) is 14.0. The molecule has 1 saturated carbocycles. The zero-order valence-corrected chi connectivity index (χ0v) is 14.5. The van der Waals surface area contributed by atoms with Crippen molar-refractivity contribution >= 4 is 11.6 Å². The Hall–Kier alpha value is -0.240. The molecular weight excluding hydrogens is 289 g/mol. The van der Waals surface area contributed by atoms with Crippen molar-refractivity contribution in [2.24, 2.45) is 5.92 Å². The van der Waals surface area contributed by atoms with Crippen LogP contribution in [0.2, 0.25) is 5.02 Å². The third-order valence-electron chi connectivity index (χ3n) is 4.62. The fourth-order valence-electron chi connectivity index (χ4n) is 3.53. The largest absolute Gasteiger partial charge is 1.00 e. The quantitative estimate of drug-likeness (QED) is 0.800. The van der Waals surface area contributed by atoms with Crippen LogP contribution >= 0.6 is 11.6 Å². The van der Waals surface area contributed by atoms with Gasteiger partial charge in [0.05, 0.1) is 0 Å². The van der Waals surface area contributed by atoms with Crippen LogP contribution in [0.4, 0.5) is 0 Å². The van der Waals surface area contributed by atoms with Gasteiger partial charge >= 0.3 is 0 Å². The third kappa shape index (κ3) is 3.50. The molecule has 0 bridgehead atoms. The van der Waals surface area contributed by atoms with Crippen LogP contribution in [0.5, 0.6) is 0 Å². The van der Waals surface area contributed by atoms with E-state index in [1.807, 2.05) is 12.1 Å². The van der Waals surface area contributed by atoms with E-state index in [0.29, 0.717) is 11.5 Å². The molecule has 0 saturated heterocycles. The fourth-order valence-corrected chi connectivity index (χ4v) is 3.66. The molecule has 1 fully saturated rings. The highest BCUT2D eigenvalue weighted by molar-refractivity contribution is 6.30. The van der Waals surface area contributed by atoms with Crippen molar-refractivity contribution in [3.63, 3.8) is 0 Å². The summed E-state index contributed by atoms with van der Waals surface area (Å²) in [7, 11) is 4.45. The van der Waals surface area contributed by atoms with Crippen LogP contribution < -0.4 is 12.4 Å². The maximum Gasteiger partial charge on any atom is 0.0406 e. The lowest BCUT2D eigenvalue weighted by Gasteiger charge is -2.51. The molecule has 3 heteroatoms. The molecule has 1 atom stereocenters. The summed E-state index contributed by atoms with van der Waals surface area (Å²) in [5.74, 6) is 0.733. The molecule has 1 nitrogen and oxygen atoms in total. The van der Waals surface area contributed by atoms with E-state index in [1.165, 1.54) is 31.2 Å². The summed E-state index contributed by atoms with van der Waals surface area (Å²) in [6.07, 6.45) is 5.23. The van der Waals surface area contributed by atoms with E-state index < -0.39 is 0 Å². The first-order valence-corrected chi connectivity index (χ1v) is 7.76. The monoisotopic (exact) mass is 314 g/mol. The van der Waals surface area contributed by atoms with Crippen molar-refractivity contribution < 1.29 is 12.4 Å². The van der Waals surface area contributed by atoms with Gasteiger partial charge < -0.3 is 17.3 Å². The summed E-state index contributed by atoms with van der Waals surface area (Å²) in [4.78, 5) is 2.42. The zero-order valence-electron chi connectivity index (χ0n) is 13.0. The molecule has 1 aromatic rings. The number of hydrogen-bond donors (Lipinski definition) is 0. The van der Waals surface area contributed by atoms with E-state index in [-0.39, 0.29) is 12.4 Å². The van der Waals surface area contributed by atoms with Gasteiger partial charge in [-0.1, -0.05) is 44.0 Å². The SMILES string of the molecule is CC(C)CC(N(C)C)C1(c2ccc(Cl)cc2)CCC1.[Cl-]. The van der Waals surface area contributed by atoms with Gasteiger partial charge in [0.25, 0.3) is 0 Å². The topological polar surface area (TPSA) is 3.24 Å². The normalized spacial score (nSPS) is 18.6. The second-order valence-corrected chi connectivity index (χ2v) is 7.06. The van der Waals surface area contributed by atoms with Gasteiger partial charge in [-0.25, -0.2) is 0 Å². The first-order valence-electron chi connectivity index (χ1n) is 7.38. The molecule has 0 N–H and O–H groups in total. The fraction of sp³-hybridized carbons (Fsp3) is 0.647. The van der Waals surface area contributed by atoms with E-state index in [9.17, 15) is 0 Å². The lowest BCUT2D eigenvalue weighted by Crippen LogP contribution is -3.00. The Labute approximate surface area is 135 Å². The number of halogens is 2. The van der Waals surface area contributed by atoms with E-state index in [4.69, 9.17) is 11.6 Å². The number of nitrogens with zero attached hydrogens (tertiary/aromatic N) is 1. The van der Waals surface area contributed by atoms with Gasteiger partial charge in [-0.15, -0.1) is 0 Å². The Morgan fingerprint density at radius 1 is 1.15 bits per heavy atom. The van der Waals surface area contributed by atoms with Gasteiger partial charge in [0.2, 0.25) is 0 Å². The van der Waals surface area contributed by atoms with Crippen molar-refractivity contribution in [3.8, 4) is 0 Å². The summed E-state index contributed by atoms with van der Waals surface area (Å²) in [5, 5.41) is 0.837. The van der Waals surface area contributed by atoms with E-state index >= 15 is 0 Å². The van der Waals surface area contributed by atoms with Crippen LogP contribution in [0.15, 0.2) is 24.3 Å². The second-order valence-electron chi connectivity index (χ2n) is 6.63. The Kier molecular flexibility index (Phi) is 6.37. The predicted molar refractivity (Wildman–Crippen MR) is 83.9 cm³/mol. The summed E-state index contributed by atoms with van der Waals surface area (Å²) in [5.41, 5.74) is 1.82. The van der Waals surface area contributed by atoms with E-state index in [0.717, 1.165) is 10.9 Å². The standard InChI is InChI=1S/C17H26ClN.ClH/c1-13(2)12-16(19(3)4)17(10-5-11-17)14-6-8-15(18)9-7-14;/h6-9,13,16H,5,10-12H2,1-4H3;1H/p-1. The minimum absolute atomic E-state index is 0. The molecule has 2 rings (SSSR count). The first-order chi connectivity index (χ1) is 8.95. The first kappa shape index (κ1) is 17.8. The van der Waals surface area contributed by atoms with Crippen LogP contribution in [-0.2, 0) is 5.41 Å². The van der Waals surface area contributed by atoms with Gasteiger partial charge in [-0.05, 0) is 57.0 Å². The lowest BCUT2D eigenvalue weighted by molar-refractivity contribution is -0.00000425. The maximum absolute atomic E-state index is 6.04. The van der Waals surface area contributed by atoms with Crippen molar-refractivity contribution in [2.75, 3.05) is 14.1 Å². The van der Waals surface area contributed by atoms with Crippen LogP contribution in [0.3, 0.4) is 0 Å². The molecule has 20 heavy (non-hydrogen) atoms. The minimum Gasteiger partial charge on any atom is -1.00 e. The van der Waals surface area contributed by atoms with Crippen molar-refractivity contribution in [3.05, 3.63) is 34.9 Å². The summed E-state index contributed by atoms with van der Waals surface area (Å²) >= 11 is 6.04. The van der Waals surface area contributed by atoms with Gasteiger partial charge in [0.15, 0.2) is 0 Å². The molecule has 0 aliphatic heterocycles. The molecule has 0 heterocycles. The minimum atomic E-state index is 0. The van der Waals surface area contributed by atoms with Crippen molar-refractivity contribution in [1.29, 1.82) is 0 Å². The van der Waals surface area contributed by atoms with Crippen LogP contribution in [0, 0.1) is 5.92 Å². The van der Waals surface area contributed by atoms with Crippen LogP contribution in [-0.4, -0.2) is 25.0 Å². The second kappa shape index (κ2) is 7.15. The maximum atomic E-state index is 6.04. The molecule has 0 radical (unpaired) electrons. The molecule has 1 aliphatic rings. The molecule has 1 aliphatic carbocycles. The highest BCUT2D eigenvalue weighted by atomic mass is 35.5. The summed E-state index contributed by atoms with van der Waals surface area (Å²) in [6, 6.07) is 9.18. The Morgan fingerprint density at radius 2 is 1.70 bits per heavy atom. The van der Waals surface area contributed by atoms with E-state index in [1.54, 1.807) is 0 Å².